The van der Waals surface area contributed by atoms with Gasteiger partial charge in [-0.25, -0.2) is 4.39 Å². The van der Waals surface area contributed by atoms with Crippen LogP contribution in [0, 0.1) is 11.7 Å². The Labute approximate surface area is 101 Å². The van der Waals surface area contributed by atoms with Gasteiger partial charge in [0.25, 0.3) is 0 Å². The molecule has 1 saturated heterocycles. The molecule has 0 aliphatic carbocycles. The average molecular weight is 236 g/mol. The van der Waals surface area contributed by atoms with Crippen LogP contribution in [0.5, 0.6) is 0 Å². The molecule has 1 aromatic rings. The predicted octanol–water partition coefficient (Wildman–Crippen LogP) is 1.79. The molecule has 1 atom stereocenters. The minimum atomic E-state index is -0.275. The Kier molecular flexibility index (Phi) is 3.74. The second kappa shape index (κ2) is 5.27. The van der Waals surface area contributed by atoms with Crippen LogP contribution in [0.4, 0.5) is 10.1 Å². The summed E-state index contributed by atoms with van der Waals surface area (Å²) < 4.78 is 12.9. The van der Waals surface area contributed by atoms with Crippen molar-refractivity contribution >= 4 is 11.6 Å². The van der Waals surface area contributed by atoms with E-state index in [1.165, 1.54) is 12.1 Å². The topological polar surface area (TPSA) is 32.3 Å². The Hall–Kier alpha value is -1.42. The minimum Gasteiger partial charge on any atom is -0.316 e. The fourth-order valence-electron chi connectivity index (χ4n) is 2.03. The Bertz CT molecular complexity index is 391. The van der Waals surface area contributed by atoms with Crippen LogP contribution < -0.4 is 10.2 Å². The lowest BCUT2D eigenvalue weighted by Crippen LogP contribution is -2.42. The molecule has 1 amide bonds. The predicted molar refractivity (Wildman–Crippen MR) is 65.4 cm³/mol. The Morgan fingerprint density at radius 1 is 1.35 bits per heavy atom. The number of carbonyl (C=O) groups is 1. The average Bonchev–Trinajstić information content (AvgIpc) is 2.31. The highest BCUT2D eigenvalue weighted by molar-refractivity contribution is 5.93. The quantitative estimate of drug-likeness (QED) is 0.806. The third-order valence-electron chi connectivity index (χ3n) is 2.94. The van der Waals surface area contributed by atoms with Crippen LogP contribution in [0.15, 0.2) is 24.3 Å². The van der Waals surface area contributed by atoms with Crippen LogP contribution in [0.3, 0.4) is 0 Å². The largest absolute Gasteiger partial charge is 0.316 e. The molecule has 1 N–H and O–H groups in total. The normalized spacial score (nSPS) is 22.1. The first-order valence-electron chi connectivity index (χ1n) is 5.93. The molecule has 3 nitrogen and oxygen atoms in total. The molecule has 0 bridgehead atoms. The molecule has 2 rings (SSSR count). The Morgan fingerprint density at radius 2 is 2.06 bits per heavy atom. The van der Waals surface area contributed by atoms with Gasteiger partial charge in [0.2, 0.25) is 5.91 Å². The number of rotatable bonds is 1. The van der Waals surface area contributed by atoms with Gasteiger partial charge >= 0.3 is 0 Å². The maximum absolute atomic E-state index is 12.9. The van der Waals surface area contributed by atoms with Gasteiger partial charge in [-0.2, -0.15) is 0 Å². The van der Waals surface area contributed by atoms with E-state index in [9.17, 15) is 9.18 Å². The monoisotopic (exact) mass is 236 g/mol. The van der Waals surface area contributed by atoms with Crippen molar-refractivity contribution in [2.45, 2.75) is 13.3 Å². The van der Waals surface area contributed by atoms with Crippen LogP contribution in [-0.4, -0.2) is 25.5 Å². The number of nitrogens with one attached hydrogen (secondary N) is 1. The van der Waals surface area contributed by atoms with Crippen molar-refractivity contribution in [3.63, 3.8) is 0 Å². The van der Waals surface area contributed by atoms with Crippen LogP contribution in [-0.2, 0) is 4.79 Å². The summed E-state index contributed by atoms with van der Waals surface area (Å²) in [6.07, 6.45) is 0.490. The summed E-state index contributed by atoms with van der Waals surface area (Å²) in [6, 6.07) is 6.11. The Balaban J connectivity index is 2.20. The molecule has 17 heavy (non-hydrogen) atoms. The second-order valence-corrected chi connectivity index (χ2v) is 4.54. The molecule has 1 aromatic carbocycles. The van der Waals surface area contributed by atoms with Crippen molar-refractivity contribution in [3.8, 4) is 0 Å². The standard InChI is InChI=1S/C13H17FN2O/c1-10-8-15-7-6-13(17)16(9-10)12-4-2-11(14)3-5-12/h2-5,10,15H,6-9H2,1H3. The summed E-state index contributed by atoms with van der Waals surface area (Å²) in [6.45, 7) is 4.39. The number of benzene rings is 1. The van der Waals surface area contributed by atoms with E-state index in [0.717, 1.165) is 12.2 Å². The van der Waals surface area contributed by atoms with Gasteiger partial charge in [0.15, 0.2) is 0 Å². The summed E-state index contributed by atoms with van der Waals surface area (Å²) in [7, 11) is 0. The van der Waals surface area contributed by atoms with Crippen LogP contribution >= 0.6 is 0 Å². The van der Waals surface area contributed by atoms with Crippen molar-refractivity contribution in [1.29, 1.82) is 0 Å². The Morgan fingerprint density at radius 3 is 2.76 bits per heavy atom. The third kappa shape index (κ3) is 3.03. The van der Waals surface area contributed by atoms with Gasteiger partial charge in [0.05, 0.1) is 0 Å². The van der Waals surface area contributed by atoms with Gasteiger partial charge in [-0.15, -0.1) is 0 Å². The van der Waals surface area contributed by atoms with Gasteiger partial charge in [-0.05, 0) is 36.7 Å². The number of hydrogen-bond acceptors (Lipinski definition) is 2. The first-order valence-corrected chi connectivity index (χ1v) is 5.93. The highest BCUT2D eigenvalue weighted by Gasteiger charge is 2.20. The molecule has 1 heterocycles. The lowest BCUT2D eigenvalue weighted by Gasteiger charge is -2.28. The smallest absolute Gasteiger partial charge is 0.228 e. The number of nitrogens with zero attached hydrogens (tertiary/aromatic N) is 1. The highest BCUT2D eigenvalue weighted by atomic mass is 19.1. The van der Waals surface area contributed by atoms with E-state index in [4.69, 9.17) is 0 Å². The molecule has 1 aliphatic rings. The van der Waals surface area contributed by atoms with E-state index in [1.807, 2.05) is 0 Å². The van der Waals surface area contributed by atoms with E-state index in [0.29, 0.717) is 25.4 Å². The van der Waals surface area contributed by atoms with Gasteiger partial charge in [0, 0.05) is 25.2 Å². The first kappa shape index (κ1) is 12.0. The number of hydrogen-bond donors (Lipinski definition) is 1. The van der Waals surface area contributed by atoms with Crippen molar-refractivity contribution in [2.24, 2.45) is 5.92 Å². The lowest BCUT2D eigenvalue weighted by molar-refractivity contribution is -0.118. The fourth-order valence-corrected chi connectivity index (χ4v) is 2.03. The van der Waals surface area contributed by atoms with E-state index in [1.54, 1.807) is 17.0 Å². The van der Waals surface area contributed by atoms with Crippen molar-refractivity contribution in [2.75, 3.05) is 24.5 Å². The van der Waals surface area contributed by atoms with Crippen LogP contribution in [0.25, 0.3) is 0 Å². The summed E-state index contributed by atoms with van der Waals surface area (Å²) in [5.41, 5.74) is 0.783. The zero-order valence-corrected chi connectivity index (χ0v) is 9.95. The molecule has 0 spiro atoms. The van der Waals surface area contributed by atoms with Gasteiger partial charge in [-0.3, -0.25) is 4.79 Å². The first-order chi connectivity index (χ1) is 8.16. The van der Waals surface area contributed by atoms with E-state index < -0.39 is 0 Å². The number of halogens is 1. The SMILES string of the molecule is CC1CNCCC(=O)N(c2ccc(F)cc2)C1. The zero-order valence-electron chi connectivity index (χ0n) is 9.95. The maximum atomic E-state index is 12.9. The van der Waals surface area contributed by atoms with Crippen molar-refractivity contribution < 1.29 is 9.18 Å². The van der Waals surface area contributed by atoms with Crippen LogP contribution in [0.2, 0.25) is 0 Å². The molecular formula is C13H17FN2O. The molecule has 0 radical (unpaired) electrons. The highest BCUT2D eigenvalue weighted by Crippen LogP contribution is 2.18. The lowest BCUT2D eigenvalue weighted by atomic mass is 10.1. The molecule has 1 aliphatic heterocycles. The summed E-state index contributed by atoms with van der Waals surface area (Å²) in [5, 5.41) is 3.24. The number of carbonyl (C=O) groups excluding carboxylic acids is 1. The van der Waals surface area contributed by atoms with E-state index in [2.05, 4.69) is 12.2 Å². The van der Waals surface area contributed by atoms with Gasteiger partial charge in [-0.1, -0.05) is 6.92 Å². The molecule has 0 saturated carbocycles. The third-order valence-corrected chi connectivity index (χ3v) is 2.94. The fraction of sp³-hybridized carbons (Fsp3) is 0.462. The summed E-state index contributed by atoms with van der Waals surface area (Å²) >= 11 is 0. The van der Waals surface area contributed by atoms with Gasteiger partial charge < -0.3 is 10.2 Å². The maximum Gasteiger partial charge on any atom is 0.228 e. The summed E-state index contributed by atoms with van der Waals surface area (Å²) in [5.74, 6) is 0.211. The van der Waals surface area contributed by atoms with Crippen molar-refractivity contribution in [3.05, 3.63) is 30.1 Å². The molecule has 0 aromatic heterocycles. The zero-order chi connectivity index (χ0) is 12.3. The van der Waals surface area contributed by atoms with E-state index >= 15 is 0 Å². The molecule has 1 unspecified atom stereocenters. The molecule has 4 heteroatoms. The number of anilines is 1. The van der Waals surface area contributed by atoms with Gasteiger partial charge in [0.1, 0.15) is 5.82 Å². The number of amides is 1. The second-order valence-electron chi connectivity index (χ2n) is 4.54. The van der Waals surface area contributed by atoms with E-state index in [-0.39, 0.29) is 11.7 Å². The minimum absolute atomic E-state index is 0.0932. The van der Waals surface area contributed by atoms with Crippen LogP contribution in [0.1, 0.15) is 13.3 Å². The summed E-state index contributed by atoms with van der Waals surface area (Å²) in [4.78, 5) is 13.7. The molecular weight excluding hydrogens is 219 g/mol. The molecule has 92 valence electrons. The van der Waals surface area contributed by atoms with Crippen molar-refractivity contribution in [1.82, 2.24) is 5.32 Å². The molecule has 1 fully saturated rings.